The van der Waals surface area contributed by atoms with Crippen molar-refractivity contribution in [2.45, 2.75) is 25.2 Å². The van der Waals surface area contributed by atoms with Crippen LogP contribution in [0.5, 0.6) is 11.5 Å². The van der Waals surface area contributed by atoms with E-state index in [1.807, 2.05) is 6.92 Å². The molecule has 0 saturated carbocycles. The zero-order chi connectivity index (χ0) is 29.7. The van der Waals surface area contributed by atoms with E-state index in [4.69, 9.17) is 21.1 Å². The molecule has 1 aromatic heterocycles. The van der Waals surface area contributed by atoms with Crippen LogP contribution in [0, 0.1) is 17.1 Å². The maximum atomic E-state index is 13.5. The molecule has 2 N–H and O–H groups in total. The number of rotatable bonds is 11. The van der Waals surface area contributed by atoms with Crippen LogP contribution in [0.1, 0.15) is 24.5 Å². The van der Waals surface area contributed by atoms with E-state index in [9.17, 15) is 18.1 Å². The van der Waals surface area contributed by atoms with Gasteiger partial charge in [-0.3, -0.25) is 9.71 Å². The average molecular weight is 645 g/mol. The number of benzene rings is 3. The maximum absolute atomic E-state index is 13.5. The summed E-state index contributed by atoms with van der Waals surface area (Å²) in [5.41, 5.74) is 2.68. The van der Waals surface area contributed by atoms with Crippen LogP contribution < -0.4 is 19.5 Å². The summed E-state index contributed by atoms with van der Waals surface area (Å²) >= 11 is 6.50. The first-order valence-electron chi connectivity index (χ1n) is 13.0. The Morgan fingerprint density at radius 3 is 2.74 bits per heavy atom. The SMILES string of the molecule is CCOc1cc2ncc(C#N)c(Nc3ccc(OCc4cccc(F)c4)c(Cl)c3)c2cc1NS(=O)(=O)CC1CCSS1. The first kappa shape index (κ1) is 30.1. The normalized spacial score (nSPS) is 14.9. The van der Waals surface area contributed by atoms with E-state index in [0.29, 0.717) is 51.0 Å². The quantitative estimate of drug-likeness (QED) is 0.160. The molecule has 0 radical (unpaired) electrons. The molecule has 4 aromatic rings. The molecule has 0 aliphatic carbocycles. The predicted molar refractivity (Wildman–Crippen MR) is 169 cm³/mol. The summed E-state index contributed by atoms with van der Waals surface area (Å²) in [6.07, 6.45) is 2.27. The molecule has 3 aromatic carbocycles. The van der Waals surface area contributed by atoms with Gasteiger partial charge in [-0.2, -0.15) is 5.26 Å². The lowest BCUT2D eigenvalue weighted by Gasteiger charge is -2.18. The Kier molecular flexibility index (Phi) is 9.53. The fourth-order valence-electron chi connectivity index (χ4n) is 4.36. The van der Waals surface area contributed by atoms with Crippen molar-refractivity contribution in [2.24, 2.45) is 0 Å². The molecule has 1 aliphatic rings. The van der Waals surface area contributed by atoms with E-state index >= 15 is 0 Å². The zero-order valence-corrected chi connectivity index (χ0v) is 25.6. The molecule has 0 spiro atoms. The smallest absolute Gasteiger partial charge is 0.233 e. The van der Waals surface area contributed by atoms with Crippen LogP contribution in [0.25, 0.3) is 10.9 Å². The number of nitriles is 1. The Labute approximate surface area is 256 Å². The molecule has 1 saturated heterocycles. The van der Waals surface area contributed by atoms with Gasteiger partial charge in [0.05, 0.1) is 39.8 Å². The van der Waals surface area contributed by atoms with Crippen molar-refractivity contribution in [2.75, 3.05) is 28.2 Å². The Balaban J connectivity index is 1.45. The molecule has 13 heteroatoms. The van der Waals surface area contributed by atoms with Crippen molar-refractivity contribution in [1.29, 1.82) is 5.26 Å². The molecule has 1 unspecified atom stereocenters. The van der Waals surface area contributed by atoms with Crippen molar-refractivity contribution >= 4 is 71.2 Å². The number of anilines is 3. The maximum Gasteiger partial charge on any atom is 0.233 e. The fourth-order valence-corrected chi connectivity index (χ4v) is 9.56. The molecule has 0 bridgehead atoms. The molecule has 2 heterocycles. The lowest BCUT2D eigenvalue weighted by molar-refractivity contribution is 0.306. The van der Waals surface area contributed by atoms with Gasteiger partial charge < -0.3 is 14.8 Å². The van der Waals surface area contributed by atoms with Crippen LogP contribution in [0.2, 0.25) is 5.02 Å². The van der Waals surface area contributed by atoms with Gasteiger partial charge in [0.25, 0.3) is 0 Å². The van der Waals surface area contributed by atoms with Gasteiger partial charge in [0.15, 0.2) is 0 Å². The van der Waals surface area contributed by atoms with E-state index in [0.717, 1.165) is 12.2 Å². The molecule has 0 amide bonds. The molecule has 1 fully saturated rings. The topological polar surface area (TPSA) is 113 Å². The van der Waals surface area contributed by atoms with E-state index in [-0.39, 0.29) is 34.7 Å². The molecular formula is C29H26ClFN4O4S3. The molecular weight excluding hydrogens is 619 g/mol. The number of hydrogen-bond acceptors (Lipinski definition) is 9. The number of aromatic nitrogens is 1. The van der Waals surface area contributed by atoms with Crippen LogP contribution in [-0.4, -0.2) is 36.8 Å². The van der Waals surface area contributed by atoms with Crippen LogP contribution in [0.4, 0.5) is 21.5 Å². The van der Waals surface area contributed by atoms with Gasteiger partial charge in [0.2, 0.25) is 10.0 Å². The van der Waals surface area contributed by atoms with Gasteiger partial charge in [-0.15, -0.1) is 0 Å². The molecule has 8 nitrogen and oxygen atoms in total. The number of fused-ring (bicyclic) bond motifs is 1. The summed E-state index contributed by atoms with van der Waals surface area (Å²) < 4.78 is 53.8. The third kappa shape index (κ3) is 7.33. The first-order chi connectivity index (χ1) is 20.2. The van der Waals surface area contributed by atoms with Gasteiger partial charge in [-0.1, -0.05) is 45.3 Å². The molecule has 42 heavy (non-hydrogen) atoms. The second-order valence-corrected chi connectivity index (χ2v) is 14.3. The summed E-state index contributed by atoms with van der Waals surface area (Å²) in [7, 11) is -0.415. The third-order valence-electron chi connectivity index (χ3n) is 6.27. The highest BCUT2D eigenvalue weighted by molar-refractivity contribution is 8.77. The molecule has 1 atom stereocenters. The largest absolute Gasteiger partial charge is 0.492 e. The number of ether oxygens (including phenoxy) is 2. The second-order valence-electron chi connectivity index (χ2n) is 9.36. The summed E-state index contributed by atoms with van der Waals surface area (Å²) in [6.45, 7) is 2.27. The van der Waals surface area contributed by atoms with E-state index in [1.54, 1.807) is 64.1 Å². The van der Waals surface area contributed by atoms with Gasteiger partial charge >= 0.3 is 0 Å². The highest BCUT2D eigenvalue weighted by Crippen LogP contribution is 2.40. The zero-order valence-electron chi connectivity index (χ0n) is 22.4. The highest BCUT2D eigenvalue weighted by atomic mass is 35.5. The van der Waals surface area contributed by atoms with Gasteiger partial charge in [-0.05, 0) is 55.3 Å². The minimum absolute atomic E-state index is 0.0119. The first-order valence-corrected chi connectivity index (χ1v) is 17.4. The third-order valence-corrected chi connectivity index (χ3v) is 11.1. The second kappa shape index (κ2) is 13.3. The summed E-state index contributed by atoms with van der Waals surface area (Å²) in [4.78, 5) is 4.41. The van der Waals surface area contributed by atoms with Gasteiger partial charge in [0, 0.05) is 34.3 Å². The Morgan fingerprint density at radius 1 is 1.17 bits per heavy atom. The minimum atomic E-state index is -3.68. The lowest BCUT2D eigenvalue weighted by Crippen LogP contribution is -2.23. The Bertz CT molecular complexity index is 1760. The minimum Gasteiger partial charge on any atom is -0.492 e. The highest BCUT2D eigenvalue weighted by Gasteiger charge is 2.25. The van der Waals surface area contributed by atoms with Crippen LogP contribution in [-0.2, 0) is 16.6 Å². The Hall–Kier alpha value is -3.37. The van der Waals surface area contributed by atoms with E-state index < -0.39 is 10.0 Å². The van der Waals surface area contributed by atoms with Crippen molar-refractivity contribution < 1.29 is 22.3 Å². The number of nitrogens with zero attached hydrogens (tertiary/aromatic N) is 2. The molecule has 5 rings (SSSR count). The Morgan fingerprint density at radius 2 is 2.02 bits per heavy atom. The number of halogens is 2. The summed E-state index contributed by atoms with van der Waals surface area (Å²) in [6, 6.07) is 16.6. The summed E-state index contributed by atoms with van der Waals surface area (Å²) in [5.74, 6) is 1.31. The predicted octanol–water partition coefficient (Wildman–Crippen LogP) is 7.52. The molecule has 218 valence electrons. The number of hydrogen-bond donors (Lipinski definition) is 2. The van der Waals surface area contributed by atoms with Crippen LogP contribution in [0.3, 0.4) is 0 Å². The van der Waals surface area contributed by atoms with Gasteiger partial charge in [-0.25, -0.2) is 12.8 Å². The number of sulfonamides is 1. The van der Waals surface area contributed by atoms with Crippen molar-refractivity contribution in [3.63, 3.8) is 0 Å². The molecule has 1 aliphatic heterocycles. The number of nitrogens with one attached hydrogen (secondary N) is 2. The standard InChI is InChI=1S/C29H26ClFN4O4S3/c1-2-38-28-13-25-23(12-26(28)35-42(36,37)17-22-8-9-40-41-22)29(19(14-32)15-33-25)34-21-6-7-27(24(30)11-21)39-16-18-4-3-5-20(31)10-18/h3-7,10-13,15,22,35H,2,8-9,16-17H2,1H3,(H,33,34). The van der Waals surface area contributed by atoms with E-state index in [1.165, 1.54) is 18.3 Å². The average Bonchev–Trinajstić information content (AvgIpc) is 3.45. The van der Waals surface area contributed by atoms with Crippen LogP contribution in [0.15, 0.2) is 60.8 Å². The van der Waals surface area contributed by atoms with E-state index in [2.05, 4.69) is 21.1 Å². The van der Waals surface area contributed by atoms with Crippen molar-refractivity contribution in [1.82, 2.24) is 4.98 Å². The lowest BCUT2D eigenvalue weighted by atomic mass is 10.1. The van der Waals surface area contributed by atoms with Crippen molar-refractivity contribution in [3.05, 3.63) is 82.8 Å². The number of pyridine rings is 1. The fraction of sp³-hybridized carbons (Fsp3) is 0.241. The van der Waals surface area contributed by atoms with Crippen LogP contribution >= 0.6 is 33.2 Å². The van der Waals surface area contributed by atoms with Gasteiger partial charge in [0.1, 0.15) is 30.0 Å². The summed E-state index contributed by atoms with van der Waals surface area (Å²) in [5, 5.41) is 13.9. The van der Waals surface area contributed by atoms with Crippen molar-refractivity contribution in [3.8, 4) is 17.6 Å². The monoisotopic (exact) mass is 644 g/mol.